The van der Waals surface area contributed by atoms with E-state index in [4.69, 9.17) is 5.73 Å². The van der Waals surface area contributed by atoms with Crippen LogP contribution in [-0.4, -0.2) is 0 Å². The smallest absolute Gasteiger partial charge is 0.126 e. The molecule has 0 spiro atoms. The highest BCUT2D eigenvalue weighted by molar-refractivity contribution is 5.28. The molecule has 0 aliphatic heterocycles. The van der Waals surface area contributed by atoms with Crippen molar-refractivity contribution in [2.24, 2.45) is 5.73 Å². The van der Waals surface area contributed by atoms with Crippen molar-refractivity contribution in [2.75, 3.05) is 0 Å². The van der Waals surface area contributed by atoms with Gasteiger partial charge in [0.25, 0.3) is 0 Å². The first kappa shape index (κ1) is 12.8. The predicted molar refractivity (Wildman–Crippen MR) is 72.3 cm³/mol. The number of aryl methyl sites for hydroxylation is 1. The monoisotopic (exact) mass is 242 g/mol. The Morgan fingerprint density at radius 3 is 2.33 bits per heavy atom. The van der Waals surface area contributed by atoms with Gasteiger partial charge in [-0.2, -0.15) is 0 Å². The minimum Gasteiger partial charge on any atom is -0.320 e. The highest BCUT2D eigenvalue weighted by Crippen LogP contribution is 2.17. The summed E-state index contributed by atoms with van der Waals surface area (Å²) >= 11 is 0. The third-order valence-corrected chi connectivity index (χ3v) is 2.99. The molecule has 0 bridgehead atoms. The molecule has 18 heavy (non-hydrogen) atoms. The van der Waals surface area contributed by atoms with E-state index in [1.807, 2.05) is 42.5 Å². The topological polar surface area (TPSA) is 26.0 Å². The van der Waals surface area contributed by atoms with E-state index >= 15 is 0 Å². The zero-order chi connectivity index (χ0) is 12.8. The number of halogens is 1. The maximum Gasteiger partial charge on any atom is 0.126 e. The molecule has 2 rings (SSSR count). The molecular weight excluding hydrogens is 225 g/mol. The Morgan fingerprint density at radius 2 is 1.61 bits per heavy atom. The lowest BCUT2D eigenvalue weighted by Gasteiger charge is -2.10. The number of hydrogen-bond acceptors (Lipinski definition) is 1. The van der Waals surface area contributed by atoms with Crippen LogP contribution in [0.2, 0.25) is 0 Å². The Morgan fingerprint density at radius 1 is 0.944 bits per heavy atom. The highest BCUT2D eigenvalue weighted by Gasteiger charge is 2.07. The molecule has 0 saturated carbocycles. The van der Waals surface area contributed by atoms with Crippen molar-refractivity contribution in [3.63, 3.8) is 0 Å². The van der Waals surface area contributed by atoms with Crippen molar-refractivity contribution in [3.05, 3.63) is 77.6 Å². The molecule has 0 saturated heterocycles. The Bertz CT molecular complexity index is 481. The average Bonchev–Trinajstić information content (AvgIpc) is 2.42. The first-order chi connectivity index (χ1) is 8.77. The molecule has 0 amide bonds. The van der Waals surface area contributed by atoms with Crippen LogP contribution in [0, 0.1) is 11.9 Å². The van der Waals surface area contributed by atoms with Gasteiger partial charge in [-0.05, 0) is 36.5 Å². The quantitative estimate of drug-likeness (QED) is 0.850. The summed E-state index contributed by atoms with van der Waals surface area (Å²) in [6, 6.07) is 17.7. The van der Waals surface area contributed by atoms with Crippen molar-refractivity contribution < 1.29 is 4.39 Å². The molecule has 1 nitrogen and oxygen atoms in total. The van der Waals surface area contributed by atoms with Crippen LogP contribution in [0.5, 0.6) is 0 Å². The maximum absolute atomic E-state index is 13.4. The molecule has 1 radical (unpaired) electrons. The van der Waals surface area contributed by atoms with Gasteiger partial charge in [0.2, 0.25) is 0 Å². The molecule has 0 aliphatic rings. The standard InChI is InChI=1S/C16H17FN/c17-15-11-5-4-7-13(15)10-6-12-16(18)14-8-2-1-3-9-14/h1-5,7-9,11H,6,10,12,18H2. The lowest BCUT2D eigenvalue weighted by molar-refractivity contribution is 0.601. The van der Waals surface area contributed by atoms with E-state index in [0.29, 0.717) is 0 Å². The molecule has 0 aliphatic carbocycles. The third kappa shape index (κ3) is 3.41. The van der Waals surface area contributed by atoms with Gasteiger partial charge in [-0.3, -0.25) is 0 Å². The van der Waals surface area contributed by atoms with Crippen molar-refractivity contribution in [3.8, 4) is 0 Å². The van der Waals surface area contributed by atoms with Crippen molar-refractivity contribution in [1.82, 2.24) is 0 Å². The summed E-state index contributed by atoms with van der Waals surface area (Å²) in [7, 11) is 0. The number of benzene rings is 2. The van der Waals surface area contributed by atoms with Gasteiger partial charge in [0.1, 0.15) is 5.82 Å². The van der Waals surface area contributed by atoms with E-state index in [-0.39, 0.29) is 5.82 Å². The van der Waals surface area contributed by atoms with E-state index in [1.165, 1.54) is 6.07 Å². The fourth-order valence-corrected chi connectivity index (χ4v) is 1.97. The van der Waals surface area contributed by atoms with Crippen LogP contribution in [0.3, 0.4) is 0 Å². The summed E-state index contributed by atoms with van der Waals surface area (Å²) in [5, 5.41) is 0. The molecule has 2 heteroatoms. The van der Waals surface area contributed by atoms with Gasteiger partial charge in [0, 0.05) is 0 Å². The molecule has 2 aromatic rings. The van der Waals surface area contributed by atoms with Gasteiger partial charge < -0.3 is 5.73 Å². The van der Waals surface area contributed by atoms with Crippen LogP contribution < -0.4 is 5.73 Å². The van der Waals surface area contributed by atoms with E-state index < -0.39 is 0 Å². The summed E-state index contributed by atoms with van der Waals surface area (Å²) in [4.78, 5) is 0. The fraction of sp³-hybridized carbons (Fsp3) is 0.188. The molecule has 93 valence electrons. The predicted octanol–water partition coefficient (Wildman–Crippen LogP) is 3.69. The molecule has 2 N–H and O–H groups in total. The van der Waals surface area contributed by atoms with Gasteiger partial charge in [-0.15, -0.1) is 0 Å². The van der Waals surface area contributed by atoms with Gasteiger partial charge in [-0.25, -0.2) is 4.39 Å². The van der Waals surface area contributed by atoms with Crippen molar-refractivity contribution >= 4 is 0 Å². The SMILES string of the molecule is N[C](CCCc1ccccc1F)c1ccccc1. The van der Waals surface area contributed by atoms with Crippen LogP contribution in [0.4, 0.5) is 4.39 Å². The second-order valence-electron chi connectivity index (χ2n) is 4.34. The van der Waals surface area contributed by atoms with Crippen LogP contribution in [-0.2, 0) is 6.42 Å². The summed E-state index contributed by atoms with van der Waals surface area (Å²) in [6.07, 6.45) is 2.38. The van der Waals surface area contributed by atoms with Crippen LogP contribution in [0.15, 0.2) is 54.6 Å². The van der Waals surface area contributed by atoms with Crippen LogP contribution >= 0.6 is 0 Å². The normalized spacial score (nSPS) is 10.8. The second kappa shape index (κ2) is 6.31. The first-order valence-electron chi connectivity index (χ1n) is 6.17. The number of hydrogen-bond donors (Lipinski definition) is 1. The summed E-state index contributed by atoms with van der Waals surface area (Å²) in [5.74, 6) is -0.129. The Balaban J connectivity index is 1.84. The van der Waals surface area contributed by atoms with Crippen LogP contribution in [0.1, 0.15) is 24.0 Å². The summed E-state index contributed by atoms with van der Waals surface area (Å²) < 4.78 is 13.4. The Kier molecular flexibility index (Phi) is 4.48. The molecule has 0 heterocycles. The lowest BCUT2D eigenvalue weighted by atomic mass is 10.00. The maximum atomic E-state index is 13.4. The minimum absolute atomic E-state index is 0.129. The average molecular weight is 242 g/mol. The zero-order valence-electron chi connectivity index (χ0n) is 10.3. The molecular formula is C16H17FN. The van der Waals surface area contributed by atoms with Gasteiger partial charge in [0.15, 0.2) is 0 Å². The summed E-state index contributed by atoms with van der Waals surface area (Å²) in [5.41, 5.74) is 7.84. The summed E-state index contributed by atoms with van der Waals surface area (Å²) in [6.45, 7) is 0. The molecule has 0 fully saturated rings. The molecule has 0 atom stereocenters. The second-order valence-corrected chi connectivity index (χ2v) is 4.34. The number of rotatable bonds is 5. The van der Waals surface area contributed by atoms with E-state index in [9.17, 15) is 4.39 Å². The van der Waals surface area contributed by atoms with E-state index in [1.54, 1.807) is 6.07 Å². The van der Waals surface area contributed by atoms with Crippen molar-refractivity contribution in [1.29, 1.82) is 0 Å². The van der Waals surface area contributed by atoms with Gasteiger partial charge >= 0.3 is 0 Å². The van der Waals surface area contributed by atoms with Crippen molar-refractivity contribution in [2.45, 2.75) is 19.3 Å². The largest absolute Gasteiger partial charge is 0.320 e. The Hall–Kier alpha value is -1.67. The highest BCUT2D eigenvalue weighted by atomic mass is 19.1. The van der Waals surface area contributed by atoms with E-state index in [2.05, 4.69) is 0 Å². The number of nitrogens with two attached hydrogens (primary N) is 1. The van der Waals surface area contributed by atoms with Gasteiger partial charge in [0.05, 0.1) is 6.04 Å². The zero-order valence-corrected chi connectivity index (χ0v) is 10.3. The van der Waals surface area contributed by atoms with Gasteiger partial charge in [-0.1, -0.05) is 48.5 Å². The molecule has 0 aromatic heterocycles. The minimum atomic E-state index is -0.129. The van der Waals surface area contributed by atoms with E-state index in [0.717, 1.165) is 36.4 Å². The Labute approximate surface area is 107 Å². The van der Waals surface area contributed by atoms with Crippen LogP contribution in [0.25, 0.3) is 0 Å². The lowest BCUT2D eigenvalue weighted by Crippen LogP contribution is -2.11. The molecule has 0 unspecified atom stereocenters. The first-order valence-corrected chi connectivity index (χ1v) is 6.17. The molecule has 2 aromatic carbocycles. The third-order valence-electron chi connectivity index (χ3n) is 2.99. The fourth-order valence-electron chi connectivity index (χ4n) is 1.97.